The van der Waals surface area contributed by atoms with Crippen LogP contribution in [0.25, 0.3) is 0 Å². The van der Waals surface area contributed by atoms with Crippen molar-refractivity contribution >= 4 is 23.2 Å². The Kier molecular flexibility index (Phi) is 4.58. The zero-order valence-corrected chi connectivity index (χ0v) is 15.4. The number of methoxy groups -OCH3 is 1. The second-order valence-corrected chi connectivity index (χ2v) is 6.78. The van der Waals surface area contributed by atoms with Gasteiger partial charge in [0.15, 0.2) is 6.10 Å². The van der Waals surface area contributed by atoms with E-state index >= 15 is 0 Å². The van der Waals surface area contributed by atoms with Crippen LogP contribution in [-0.2, 0) is 14.4 Å². The smallest absolute Gasteiger partial charge is 0.266 e. The molecule has 6 heteroatoms. The SMILES string of the molecule is CCC[C@@H]1[C@@H]2C(=O)N(c3ccc(OC)cc3)C(=O)[C@H]2ON1c1ccccc1. The van der Waals surface area contributed by atoms with E-state index in [2.05, 4.69) is 6.92 Å². The molecular formula is C21H22N2O4. The van der Waals surface area contributed by atoms with Gasteiger partial charge in [-0.3, -0.25) is 14.4 Å². The summed E-state index contributed by atoms with van der Waals surface area (Å²) in [6.45, 7) is 2.07. The number of hydrogen-bond donors (Lipinski definition) is 0. The second-order valence-electron chi connectivity index (χ2n) is 6.78. The molecule has 140 valence electrons. The minimum Gasteiger partial charge on any atom is -0.497 e. The number of para-hydroxylation sites is 1. The molecule has 0 spiro atoms. The number of hydroxylamine groups is 1. The minimum absolute atomic E-state index is 0.165. The number of ether oxygens (including phenoxy) is 1. The van der Waals surface area contributed by atoms with Crippen LogP contribution in [0.3, 0.4) is 0 Å². The van der Waals surface area contributed by atoms with Gasteiger partial charge in [0.2, 0.25) is 5.91 Å². The van der Waals surface area contributed by atoms with Crippen molar-refractivity contribution < 1.29 is 19.2 Å². The van der Waals surface area contributed by atoms with Gasteiger partial charge in [0.25, 0.3) is 5.91 Å². The highest BCUT2D eigenvalue weighted by Crippen LogP contribution is 2.41. The number of benzene rings is 2. The van der Waals surface area contributed by atoms with Crippen molar-refractivity contribution in [3.63, 3.8) is 0 Å². The fourth-order valence-corrected chi connectivity index (χ4v) is 3.90. The van der Waals surface area contributed by atoms with Gasteiger partial charge in [-0.15, -0.1) is 0 Å². The highest BCUT2D eigenvalue weighted by Gasteiger charge is 2.59. The second kappa shape index (κ2) is 7.04. The summed E-state index contributed by atoms with van der Waals surface area (Å²) in [5, 5.41) is 1.75. The Labute approximate surface area is 158 Å². The Morgan fingerprint density at radius 3 is 2.30 bits per heavy atom. The van der Waals surface area contributed by atoms with Crippen LogP contribution >= 0.6 is 0 Å². The van der Waals surface area contributed by atoms with E-state index in [9.17, 15) is 9.59 Å². The third kappa shape index (κ3) is 2.86. The van der Waals surface area contributed by atoms with E-state index in [0.717, 1.165) is 18.5 Å². The number of nitrogens with zero attached hydrogens (tertiary/aromatic N) is 2. The van der Waals surface area contributed by atoms with E-state index in [1.807, 2.05) is 30.3 Å². The average molecular weight is 366 g/mol. The summed E-state index contributed by atoms with van der Waals surface area (Å²) in [5.41, 5.74) is 1.41. The van der Waals surface area contributed by atoms with Gasteiger partial charge in [-0.05, 0) is 42.8 Å². The van der Waals surface area contributed by atoms with Gasteiger partial charge < -0.3 is 4.74 Å². The molecule has 2 aromatic carbocycles. The molecule has 2 heterocycles. The van der Waals surface area contributed by atoms with Crippen LogP contribution in [0.15, 0.2) is 54.6 Å². The third-order valence-corrected chi connectivity index (χ3v) is 5.16. The van der Waals surface area contributed by atoms with Crippen LogP contribution in [0.4, 0.5) is 11.4 Å². The minimum atomic E-state index is -0.781. The molecule has 0 saturated carbocycles. The summed E-state index contributed by atoms with van der Waals surface area (Å²) in [5.74, 6) is -0.338. The molecule has 0 N–H and O–H groups in total. The first-order chi connectivity index (χ1) is 13.2. The van der Waals surface area contributed by atoms with Crippen LogP contribution in [0.2, 0.25) is 0 Å². The quantitative estimate of drug-likeness (QED) is 0.761. The van der Waals surface area contributed by atoms with Crippen LogP contribution in [-0.4, -0.2) is 31.1 Å². The van der Waals surface area contributed by atoms with Crippen molar-refractivity contribution in [3.05, 3.63) is 54.6 Å². The lowest BCUT2D eigenvalue weighted by Crippen LogP contribution is -2.40. The van der Waals surface area contributed by atoms with Crippen molar-refractivity contribution in [1.29, 1.82) is 0 Å². The molecule has 2 aliphatic rings. The molecule has 2 aromatic rings. The topological polar surface area (TPSA) is 59.1 Å². The molecule has 3 atom stereocenters. The molecular weight excluding hydrogens is 344 g/mol. The molecule has 0 bridgehead atoms. The highest BCUT2D eigenvalue weighted by molar-refractivity contribution is 6.23. The molecule has 0 aliphatic carbocycles. The van der Waals surface area contributed by atoms with Crippen molar-refractivity contribution in [2.75, 3.05) is 17.1 Å². The molecule has 2 fully saturated rings. The van der Waals surface area contributed by atoms with Crippen molar-refractivity contribution in [1.82, 2.24) is 0 Å². The molecule has 4 rings (SSSR count). The standard InChI is InChI=1S/C21H22N2O4/c1-3-7-17-18-19(27-23(17)15-8-5-4-6-9-15)21(25)22(20(18)24)14-10-12-16(26-2)13-11-14/h4-6,8-13,17-19H,3,7H2,1-2H3/t17-,18+,19+/m1/s1. The number of hydrogen-bond acceptors (Lipinski definition) is 5. The molecule has 2 saturated heterocycles. The average Bonchev–Trinajstić information content (AvgIpc) is 3.19. The van der Waals surface area contributed by atoms with E-state index in [1.165, 1.54) is 4.90 Å². The van der Waals surface area contributed by atoms with Crippen LogP contribution in [0, 0.1) is 5.92 Å². The number of carbonyl (C=O) groups is 2. The van der Waals surface area contributed by atoms with Gasteiger partial charge in [0.05, 0.1) is 30.4 Å². The molecule has 27 heavy (non-hydrogen) atoms. The summed E-state index contributed by atoms with van der Waals surface area (Å²) < 4.78 is 5.15. The number of fused-ring (bicyclic) bond motifs is 1. The lowest BCUT2D eigenvalue weighted by atomic mass is 9.93. The van der Waals surface area contributed by atoms with Gasteiger partial charge in [-0.25, -0.2) is 9.96 Å². The summed E-state index contributed by atoms with van der Waals surface area (Å²) >= 11 is 0. The number of anilines is 2. The van der Waals surface area contributed by atoms with Crippen LogP contribution in [0.1, 0.15) is 19.8 Å². The largest absolute Gasteiger partial charge is 0.497 e. The number of carbonyl (C=O) groups excluding carboxylic acids is 2. The monoisotopic (exact) mass is 366 g/mol. The van der Waals surface area contributed by atoms with E-state index in [4.69, 9.17) is 9.57 Å². The van der Waals surface area contributed by atoms with Crippen molar-refractivity contribution in [2.24, 2.45) is 5.92 Å². The zero-order valence-electron chi connectivity index (χ0n) is 15.4. The van der Waals surface area contributed by atoms with E-state index in [-0.39, 0.29) is 17.9 Å². The Morgan fingerprint density at radius 1 is 0.963 bits per heavy atom. The fraction of sp³-hybridized carbons (Fsp3) is 0.333. The Hall–Kier alpha value is -2.86. The maximum atomic E-state index is 13.2. The number of amides is 2. The first-order valence-corrected chi connectivity index (χ1v) is 9.18. The van der Waals surface area contributed by atoms with E-state index in [1.54, 1.807) is 36.4 Å². The number of rotatable bonds is 5. The summed E-state index contributed by atoms with van der Waals surface area (Å²) in [6, 6.07) is 16.4. The van der Waals surface area contributed by atoms with E-state index in [0.29, 0.717) is 11.4 Å². The molecule has 0 unspecified atom stereocenters. The summed E-state index contributed by atoms with van der Waals surface area (Å²) in [4.78, 5) is 33.4. The van der Waals surface area contributed by atoms with Gasteiger partial charge in [0.1, 0.15) is 5.75 Å². The maximum absolute atomic E-state index is 13.2. The first-order valence-electron chi connectivity index (χ1n) is 9.18. The van der Waals surface area contributed by atoms with Gasteiger partial charge in [-0.1, -0.05) is 31.5 Å². The normalized spacial score (nSPS) is 24.4. The first kappa shape index (κ1) is 17.5. The van der Waals surface area contributed by atoms with Crippen LogP contribution < -0.4 is 14.7 Å². The summed E-state index contributed by atoms with van der Waals surface area (Å²) in [6.07, 6.45) is 0.882. The fourth-order valence-electron chi connectivity index (χ4n) is 3.90. The lowest BCUT2D eigenvalue weighted by Gasteiger charge is -2.28. The van der Waals surface area contributed by atoms with Crippen molar-refractivity contribution in [2.45, 2.75) is 31.9 Å². The Balaban J connectivity index is 1.65. The Morgan fingerprint density at radius 2 is 1.67 bits per heavy atom. The Bertz CT molecular complexity index is 837. The molecule has 0 radical (unpaired) electrons. The van der Waals surface area contributed by atoms with Crippen molar-refractivity contribution in [3.8, 4) is 5.75 Å². The van der Waals surface area contributed by atoms with Crippen LogP contribution in [0.5, 0.6) is 5.75 Å². The zero-order chi connectivity index (χ0) is 19.0. The lowest BCUT2D eigenvalue weighted by molar-refractivity contribution is -0.126. The van der Waals surface area contributed by atoms with Gasteiger partial charge in [0, 0.05) is 0 Å². The van der Waals surface area contributed by atoms with Gasteiger partial charge >= 0.3 is 0 Å². The van der Waals surface area contributed by atoms with Gasteiger partial charge in [-0.2, -0.15) is 0 Å². The molecule has 0 aromatic heterocycles. The molecule has 6 nitrogen and oxygen atoms in total. The number of imide groups is 1. The molecule has 2 amide bonds. The predicted molar refractivity (Wildman–Crippen MR) is 101 cm³/mol. The third-order valence-electron chi connectivity index (χ3n) is 5.16. The molecule has 2 aliphatic heterocycles. The van der Waals surface area contributed by atoms with E-state index < -0.39 is 12.0 Å². The summed E-state index contributed by atoms with van der Waals surface area (Å²) in [7, 11) is 1.58. The predicted octanol–water partition coefficient (Wildman–Crippen LogP) is 3.17. The maximum Gasteiger partial charge on any atom is 0.266 e. The highest BCUT2D eigenvalue weighted by atomic mass is 16.7.